The molecule has 4 nitrogen and oxygen atoms in total. The monoisotopic (exact) mass is 832 g/mol. The zero-order chi connectivity index (χ0) is 42.2. The minimum absolute atomic E-state index is 0.446. The lowest BCUT2D eigenvalue weighted by Gasteiger charge is -2.39. The highest BCUT2D eigenvalue weighted by atomic mass is 32.2. The Kier molecular flexibility index (Phi) is 8.33. The number of hydrogen-bond acceptors (Lipinski definition) is 5. The molecule has 64 heavy (non-hydrogen) atoms. The molecule has 0 bridgehead atoms. The number of benzene rings is 9. The van der Waals surface area contributed by atoms with Gasteiger partial charge in [-0.3, -0.25) is 0 Å². The Morgan fingerprint density at radius 3 is 1.38 bits per heavy atom. The van der Waals surface area contributed by atoms with Crippen molar-refractivity contribution in [2.45, 2.75) is 15.2 Å². The minimum atomic E-state index is -0.446. The number of hydrogen-bond donors (Lipinski definition) is 0. The van der Waals surface area contributed by atoms with Crippen molar-refractivity contribution in [2.24, 2.45) is 0 Å². The van der Waals surface area contributed by atoms with Gasteiger partial charge >= 0.3 is 0 Å². The topological polar surface area (TPSA) is 51.6 Å². The van der Waals surface area contributed by atoms with Crippen LogP contribution in [0.4, 0.5) is 0 Å². The summed E-state index contributed by atoms with van der Waals surface area (Å²) in [5.41, 5.74) is 15.5. The molecule has 0 amide bonds. The van der Waals surface area contributed by atoms with E-state index in [1.165, 1.54) is 48.6 Å². The molecule has 5 heteroatoms. The lowest BCUT2D eigenvalue weighted by atomic mass is 9.67. The van der Waals surface area contributed by atoms with Gasteiger partial charge in [0.05, 0.1) is 16.6 Å². The maximum Gasteiger partial charge on any atom is 0.164 e. The molecule has 0 fully saturated rings. The third kappa shape index (κ3) is 5.64. The van der Waals surface area contributed by atoms with Crippen molar-refractivity contribution in [1.82, 2.24) is 19.9 Å². The van der Waals surface area contributed by atoms with Gasteiger partial charge in [-0.25, -0.2) is 19.9 Å². The first-order valence-corrected chi connectivity index (χ1v) is 22.4. The van der Waals surface area contributed by atoms with E-state index in [1.807, 2.05) is 72.4 Å². The quantitative estimate of drug-likeness (QED) is 0.162. The molecule has 2 aliphatic rings. The largest absolute Gasteiger partial charge is 0.247 e. The fraction of sp³-hybridized carbons (Fsp3) is 0.0169. The van der Waals surface area contributed by atoms with Crippen LogP contribution in [-0.2, 0) is 5.41 Å². The van der Waals surface area contributed by atoms with Crippen LogP contribution in [0.3, 0.4) is 0 Å². The molecule has 11 aromatic rings. The summed E-state index contributed by atoms with van der Waals surface area (Å²) >= 11 is 1.88. The first-order valence-electron chi connectivity index (χ1n) is 21.6. The van der Waals surface area contributed by atoms with Crippen molar-refractivity contribution in [3.63, 3.8) is 0 Å². The van der Waals surface area contributed by atoms with Crippen molar-refractivity contribution in [3.05, 3.63) is 241 Å². The average molecular weight is 833 g/mol. The highest BCUT2D eigenvalue weighted by molar-refractivity contribution is 7.99. The van der Waals surface area contributed by atoms with Gasteiger partial charge in [0.1, 0.15) is 0 Å². The van der Waals surface area contributed by atoms with Crippen molar-refractivity contribution in [1.29, 1.82) is 0 Å². The van der Waals surface area contributed by atoms with Gasteiger partial charge in [-0.1, -0.05) is 200 Å². The molecule has 298 valence electrons. The van der Waals surface area contributed by atoms with E-state index in [9.17, 15) is 0 Å². The molecule has 1 spiro atoms. The van der Waals surface area contributed by atoms with Crippen LogP contribution in [0.25, 0.3) is 89.4 Å². The summed E-state index contributed by atoms with van der Waals surface area (Å²) in [6.07, 6.45) is 0. The van der Waals surface area contributed by atoms with Gasteiger partial charge in [-0.05, 0) is 80.2 Å². The maximum absolute atomic E-state index is 5.41. The van der Waals surface area contributed by atoms with Crippen LogP contribution < -0.4 is 0 Å². The van der Waals surface area contributed by atoms with E-state index in [0.29, 0.717) is 17.5 Å². The molecule has 0 N–H and O–H groups in total. The fourth-order valence-electron chi connectivity index (χ4n) is 10.1. The van der Waals surface area contributed by atoms with Gasteiger partial charge in [0.15, 0.2) is 17.5 Å². The fourth-order valence-corrected chi connectivity index (χ4v) is 11.3. The summed E-state index contributed by atoms with van der Waals surface area (Å²) in [7, 11) is 0. The zero-order valence-electron chi connectivity index (χ0n) is 34.5. The summed E-state index contributed by atoms with van der Waals surface area (Å²) in [5, 5.41) is 3.52. The second-order valence-corrected chi connectivity index (χ2v) is 17.6. The Morgan fingerprint density at radius 1 is 0.297 bits per heavy atom. The predicted octanol–water partition coefficient (Wildman–Crippen LogP) is 14.7. The number of aromatic nitrogens is 4. The van der Waals surface area contributed by atoms with Crippen LogP contribution in [0, 0.1) is 0 Å². The van der Waals surface area contributed by atoms with Gasteiger partial charge in [-0.15, -0.1) is 0 Å². The Hall–Kier alpha value is -7.99. The molecule has 1 aliphatic carbocycles. The van der Waals surface area contributed by atoms with Gasteiger partial charge in [0.25, 0.3) is 0 Å². The Bertz CT molecular complexity index is 3520. The zero-order valence-corrected chi connectivity index (χ0v) is 35.3. The normalized spacial score (nSPS) is 13.1. The Balaban J connectivity index is 0.922. The van der Waals surface area contributed by atoms with Crippen molar-refractivity contribution >= 4 is 33.4 Å². The molecule has 3 heterocycles. The standard InChI is InChI=1S/C59H36N4S/c1-3-15-40(16-4-1)56-61-57(41-17-5-2-6-18-41)63-58(62-56)42-33-29-38(30-34-42)37-27-31-39(32-28-37)55-47-35-46-43-19-7-9-21-48(43)59(51(46)36-45(47)44-20-8-12-24-52(44)60-55)49-22-10-13-25-53(49)64-54-26-14-11-23-50(54)59/h1-36H. The molecular formula is C59H36N4S. The van der Waals surface area contributed by atoms with E-state index in [0.717, 1.165) is 55.4 Å². The molecule has 2 aromatic heterocycles. The van der Waals surface area contributed by atoms with E-state index in [4.69, 9.17) is 19.9 Å². The number of nitrogens with zero attached hydrogens (tertiary/aromatic N) is 4. The van der Waals surface area contributed by atoms with E-state index in [-0.39, 0.29) is 0 Å². The molecule has 0 saturated heterocycles. The van der Waals surface area contributed by atoms with Crippen LogP contribution in [-0.4, -0.2) is 19.9 Å². The van der Waals surface area contributed by atoms with E-state index < -0.39 is 5.41 Å². The second kappa shape index (κ2) is 14.6. The molecule has 0 radical (unpaired) electrons. The van der Waals surface area contributed by atoms with Crippen molar-refractivity contribution < 1.29 is 0 Å². The summed E-state index contributed by atoms with van der Waals surface area (Å²) in [5.74, 6) is 1.94. The van der Waals surface area contributed by atoms with Gasteiger partial charge in [0, 0.05) is 42.8 Å². The number of para-hydroxylation sites is 1. The van der Waals surface area contributed by atoms with Gasteiger partial charge in [-0.2, -0.15) is 0 Å². The molecule has 0 atom stereocenters. The van der Waals surface area contributed by atoms with E-state index >= 15 is 0 Å². The third-order valence-electron chi connectivity index (χ3n) is 13.0. The van der Waals surface area contributed by atoms with Gasteiger partial charge in [0.2, 0.25) is 0 Å². The van der Waals surface area contributed by atoms with Crippen LogP contribution in [0.5, 0.6) is 0 Å². The highest BCUT2D eigenvalue weighted by Gasteiger charge is 2.50. The lowest BCUT2D eigenvalue weighted by molar-refractivity contribution is 0.723. The van der Waals surface area contributed by atoms with Crippen LogP contribution in [0.2, 0.25) is 0 Å². The van der Waals surface area contributed by atoms with Crippen LogP contribution >= 0.6 is 11.8 Å². The van der Waals surface area contributed by atoms with Crippen molar-refractivity contribution in [3.8, 4) is 67.7 Å². The second-order valence-electron chi connectivity index (χ2n) is 16.5. The summed E-state index contributed by atoms with van der Waals surface area (Å²) in [6, 6.07) is 78.1. The minimum Gasteiger partial charge on any atom is -0.247 e. The Morgan fingerprint density at radius 2 is 0.766 bits per heavy atom. The smallest absolute Gasteiger partial charge is 0.164 e. The number of rotatable bonds is 5. The van der Waals surface area contributed by atoms with E-state index in [1.54, 1.807) is 0 Å². The molecular weight excluding hydrogens is 797 g/mol. The molecule has 0 unspecified atom stereocenters. The lowest BCUT2D eigenvalue weighted by Crippen LogP contribution is -2.31. The maximum atomic E-state index is 5.41. The summed E-state index contributed by atoms with van der Waals surface area (Å²) < 4.78 is 0. The van der Waals surface area contributed by atoms with Crippen molar-refractivity contribution in [2.75, 3.05) is 0 Å². The number of fused-ring (bicyclic) bond motifs is 12. The predicted molar refractivity (Wildman–Crippen MR) is 261 cm³/mol. The van der Waals surface area contributed by atoms with Crippen LogP contribution in [0.1, 0.15) is 22.3 Å². The van der Waals surface area contributed by atoms with Gasteiger partial charge < -0.3 is 0 Å². The first-order chi connectivity index (χ1) is 31.7. The average Bonchev–Trinajstić information content (AvgIpc) is 3.65. The summed E-state index contributed by atoms with van der Waals surface area (Å²) in [4.78, 5) is 22.8. The highest BCUT2D eigenvalue weighted by Crippen LogP contribution is 2.62. The third-order valence-corrected chi connectivity index (χ3v) is 14.2. The Labute approximate surface area is 375 Å². The van der Waals surface area contributed by atoms with E-state index in [2.05, 4.69) is 158 Å². The summed E-state index contributed by atoms with van der Waals surface area (Å²) in [6.45, 7) is 0. The SMILES string of the molecule is c1ccc(-c2nc(-c3ccccc3)nc(-c3ccc(-c4ccc(-c5nc6ccccc6c6cc7c(cc56)-c5ccccc5C75c6ccccc6Sc6ccccc65)cc4)cc3)n2)cc1. The first kappa shape index (κ1) is 36.6. The molecule has 1 aliphatic heterocycles. The van der Waals surface area contributed by atoms with Crippen LogP contribution in [0.15, 0.2) is 228 Å². The molecule has 0 saturated carbocycles. The molecule has 13 rings (SSSR count). The number of pyridine rings is 1. The molecule has 9 aromatic carbocycles.